The van der Waals surface area contributed by atoms with Gasteiger partial charge < -0.3 is 10.2 Å². The summed E-state index contributed by atoms with van der Waals surface area (Å²) in [6.07, 6.45) is 5.07. The highest BCUT2D eigenvalue weighted by molar-refractivity contribution is 5.46. The Morgan fingerprint density at radius 1 is 1.30 bits per heavy atom. The first-order valence-corrected chi connectivity index (χ1v) is 7.79. The van der Waals surface area contributed by atoms with Crippen LogP contribution in [0, 0.1) is 6.92 Å². The van der Waals surface area contributed by atoms with Crippen molar-refractivity contribution in [3.05, 3.63) is 11.8 Å². The zero-order chi connectivity index (χ0) is 14.8. The quantitative estimate of drug-likeness (QED) is 0.912. The van der Waals surface area contributed by atoms with E-state index < -0.39 is 0 Å². The van der Waals surface area contributed by atoms with Crippen LogP contribution in [0.4, 0.5) is 11.8 Å². The number of aryl methyl sites for hydroxylation is 1. The van der Waals surface area contributed by atoms with Gasteiger partial charge in [-0.05, 0) is 53.4 Å². The fraction of sp³-hybridized carbons (Fsp3) is 0.750. The van der Waals surface area contributed by atoms with Gasteiger partial charge in [0.2, 0.25) is 5.95 Å². The third kappa shape index (κ3) is 3.84. The van der Waals surface area contributed by atoms with Crippen molar-refractivity contribution in [2.75, 3.05) is 16.8 Å². The van der Waals surface area contributed by atoms with Gasteiger partial charge in [-0.1, -0.05) is 6.92 Å². The third-order valence-corrected chi connectivity index (χ3v) is 3.72. The van der Waals surface area contributed by atoms with Crippen molar-refractivity contribution in [3.8, 4) is 0 Å². The van der Waals surface area contributed by atoms with Gasteiger partial charge in [-0.3, -0.25) is 0 Å². The zero-order valence-electron chi connectivity index (χ0n) is 13.5. The van der Waals surface area contributed by atoms with Crippen molar-refractivity contribution in [1.29, 1.82) is 0 Å². The van der Waals surface area contributed by atoms with Crippen LogP contribution in [0.25, 0.3) is 0 Å². The van der Waals surface area contributed by atoms with Crippen LogP contribution in [0.15, 0.2) is 6.07 Å². The van der Waals surface area contributed by atoms with Crippen molar-refractivity contribution in [2.45, 2.75) is 71.9 Å². The second-order valence-corrected chi connectivity index (χ2v) is 6.82. The largest absolute Gasteiger partial charge is 0.353 e. The highest BCUT2D eigenvalue weighted by Gasteiger charge is 2.23. The standard InChI is InChI=1S/C16H28N4/c1-6-13-9-7-8-10-20(13)14-11-12(2)17-15(18-14)19-16(3,4)5/h11,13H,6-10H2,1-5H3,(H,17,18,19). The number of nitrogens with one attached hydrogen (secondary N) is 1. The monoisotopic (exact) mass is 276 g/mol. The molecule has 2 heterocycles. The summed E-state index contributed by atoms with van der Waals surface area (Å²) in [7, 11) is 0. The molecule has 1 aliphatic rings. The van der Waals surface area contributed by atoms with E-state index in [2.05, 4.69) is 49.0 Å². The molecule has 0 spiro atoms. The molecule has 0 aliphatic carbocycles. The van der Waals surface area contributed by atoms with E-state index in [-0.39, 0.29) is 5.54 Å². The molecule has 1 atom stereocenters. The Hall–Kier alpha value is -1.32. The minimum absolute atomic E-state index is 0.0167. The second-order valence-electron chi connectivity index (χ2n) is 6.82. The van der Waals surface area contributed by atoms with Crippen molar-refractivity contribution >= 4 is 11.8 Å². The number of rotatable bonds is 3. The van der Waals surface area contributed by atoms with E-state index in [9.17, 15) is 0 Å². The molecule has 1 aliphatic heterocycles. The molecule has 4 nitrogen and oxygen atoms in total. The lowest BCUT2D eigenvalue weighted by molar-refractivity contribution is 0.446. The summed E-state index contributed by atoms with van der Waals surface area (Å²) in [6.45, 7) is 11.8. The number of piperidine rings is 1. The normalized spacial score (nSPS) is 20.1. The molecule has 1 aromatic rings. The minimum atomic E-state index is -0.0167. The van der Waals surface area contributed by atoms with Gasteiger partial charge in [0.1, 0.15) is 5.82 Å². The summed E-state index contributed by atoms with van der Waals surface area (Å²) < 4.78 is 0. The highest BCUT2D eigenvalue weighted by atomic mass is 15.3. The van der Waals surface area contributed by atoms with E-state index >= 15 is 0 Å². The van der Waals surface area contributed by atoms with Gasteiger partial charge >= 0.3 is 0 Å². The maximum absolute atomic E-state index is 4.74. The number of aromatic nitrogens is 2. The minimum Gasteiger partial charge on any atom is -0.353 e. The maximum atomic E-state index is 4.74. The second kappa shape index (κ2) is 5.98. The molecule has 1 saturated heterocycles. The van der Waals surface area contributed by atoms with E-state index in [0.29, 0.717) is 6.04 Å². The molecule has 2 rings (SSSR count). The fourth-order valence-electron chi connectivity index (χ4n) is 2.82. The molecular formula is C16H28N4. The molecule has 0 bridgehead atoms. The molecule has 4 heteroatoms. The van der Waals surface area contributed by atoms with Crippen molar-refractivity contribution in [3.63, 3.8) is 0 Å². The van der Waals surface area contributed by atoms with Crippen molar-refractivity contribution < 1.29 is 0 Å². The topological polar surface area (TPSA) is 41.1 Å². The molecule has 20 heavy (non-hydrogen) atoms. The van der Waals surface area contributed by atoms with E-state index in [1.807, 2.05) is 6.92 Å². The summed E-state index contributed by atoms with van der Waals surface area (Å²) in [5, 5.41) is 3.39. The summed E-state index contributed by atoms with van der Waals surface area (Å²) in [4.78, 5) is 11.7. The molecule has 0 aromatic carbocycles. The molecule has 1 N–H and O–H groups in total. The summed E-state index contributed by atoms with van der Waals surface area (Å²) >= 11 is 0. The predicted octanol–water partition coefficient (Wildman–Crippen LogP) is 3.76. The number of nitrogens with zero attached hydrogens (tertiary/aromatic N) is 3. The van der Waals surface area contributed by atoms with Crippen LogP contribution < -0.4 is 10.2 Å². The first kappa shape index (κ1) is 15.1. The Morgan fingerprint density at radius 3 is 2.70 bits per heavy atom. The van der Waals surface area contributed by atoms with Crippen LogP contribution in [0.5, 0.6) is 0 Å². The van der Waals surface area contributed by atoms with Crippen molar-refractivity contribution in [2.24, 2.45) is 0 Å². The highest BCUT2D eigenvalue weighted by Crippen LogP contribution is 2.26. The summed E-state index contributed by atoms with van der Waals surface area (Å²) in [5.41, 5.74) is 1.01. The number of hydrogen-bond acceptors (Lipinski definition) is 4. The van der Waals surface area contributed by atoms with E-state index in [1.165, 1.54) is 25.7 Å². The maximum Gasteiger partial charge on any atom is 0.225 e. The van der Waals surface area contributed by atoms with Crippen LogP contribution in [-0.4, -0.2) is 28.1 Å². The van der Waals surface area contributed by atoms with Gasteiger partial charge in [0, 0.05) is 29.9 Å². The average Bonchev–Trinajstić information content (AvgIpc) is 2.36. The van der Waals surface area contributed by atoms with Gasteiger partial charge in [-0.25, -0.2) is 4.98 Å². The van der Waals surface area contributed by atoms with Gasteiger partial charge in [-0.15, -0.1) is 0 Å². The Kier molecular flexibility index (Phi) is 4.51. The summed E-state index contributed by atoms with van der Waals surface area (Å²) in [6, 6.07) is 2.74. The van der Waals surface area contributed by atoms with Crippen LogP contribution in [0.3, 0.4) is 0 Å². The Labute approximate surface area is 123 Å². The van der Waals surface area contributed by atoms with E-state index in [1.54, 1.807) is 0 Å². The molecule has 112 valence electrons. The molecule has 0 radical (unpaired) electrons. The molecule has 1 aromatic heterocycles. The Morgan fingerprint density at radius 2 is 2.05 bits per heavy atom. The van der Waals surface area contributed by atoms with Crippen LogP contribution in [0.1, 0.15) is 59.1 Å². The van der Waals surface area contributed by atoms with Crippen LogP contribution in [-0.2, 0) is 0 Å². The van der Waals surface area contributed by atoms with Gasteiger partial charge in [-0.2, -0.15) is 4.98 Å². The molecular weight excluding hydrogens is 248 g/mol. The lowest BCUT2D eigenvalue weighted by Gasteiger charge is -2.36. The van der Waals surface area contributed by atoms with E-state index in [4.69, 9.17) is 4.98 Å². The number of anilines is 2. The van der Waals surface area contributed by atoms with E-state index in [0.717, 1.165) is 24.0 Å². The van der Waals surface area contributed by atoms with Crippen LogP contribution >= 0.6 is 0 Å². The Bertz CT molecular complexity index is 450. The third-order valence-electron chi connectivity index (χ3n) is 3.72. The first-order valence-electron chi connectivity index (χ1n) is 7.79. The molecule has 0 saturated carbocycles. The first-order chi connectivity index (χ1) is 9.39. The summed E-state index contributed by atoms with van der Waals surface area (Å²) in [5.74, 6) is 1.82. The van der Waals surface area contributed by atoms with Gasteiger partial charge in [0.15, 0.2) is 0 Å². The lowest BCUT2D eigenvalue weighted by atomic mass is 10.00. The smallest absolute Gasteiger partial charge is 0.225 e. The molecule has 1 unspecified atom stereocenters. The number of hydrogen-bond donors (Lipinski definition) is 1. The Balaban J connectivity index is 2.26. The molecule has 1 fully saturated rings. The predicted molar refractivity (Wildman–Crippen MR) is 85.4 cm³/mol. The lowest BCUT2D eigenvalue weighted by Crippen LogP contribution is -2.40. The zero-order valence-corrected chi connectivity index (χ0v) is 13.5. The fourth-order valence-corrected chi connectivity index (χ4v) is 2.82. The molecule has 0 amide bonds. The average molecular weight is 276 g/mol. The van der Waals surface area contributed by atoms with Gasteiger partial charge in [0.05, 0.1) is 0 Å². The van der Waals surface area contributed by atoms with Crippen LogP contribution in [0.2, 0.25) is 0 Å². The SMILES string of the molecule is CCC1CCCCN1c1cc(C)nc(NC(C)(C)C)n1. The van der Waals surface area contributed by atoms with Crippen molar-refractivity contribution in [1.82, 2.24) is 9.97 Å². The van der Waals surface area contributed by atoms with Gasteiger partial charge in [0.25, 0.3) is 0 Å².